The normalized spacial score (nSPS) is 13.5. The summed E-state index contributed by atoms with van der Waals surface area (Å²) >= 11 is 0. The van der Waals surface area contributed by atoms with Crippen molar-refractivity contribution in [2.75, 3.05) is 12.4 Å². The molecule has 10 heteroatoms. The molecule has 0 aliphatic heterocycles. The molecule has 0 fully saturated rings. The number of aryl methyl sites for hydroxylation is 1. The van der Waals surface area contributed by atoms with E-state index in [1.165, 1.54) is 0 Å². The van der Waals surface area contributed by atoms with Gasteiger partial charge in [-0.3, -0.25) is 4.79 Å². The van der Waals surface area contributed by atoms with Crippen LogP contribution in [0.4, 0.5) is 5.82 Å². The van der Waals surface area contributed by atoms with Crippen molar-refractivity contribution in [3.63, 3.8) is 0 Å². The Morgan fingerprint density at radius 2 is 2.13 bits per heavy atom. The third-order valence-electron chi connectivity index (χ3n) is 4.74. The van der Waals surface area contributed by atoms with Crippen LogP contribution in [0.5, 0.6) is 0 Å². The van der Waals surface area contributed by atoms with Crippen LogP contribution in [0.2, 0.25) is 0 Å². The second kappa shape index (κ2) is 7.73. The van der Waals surface area contributed by atoms with Crippen LogP contribution >= 0.6 is 0 Å². The molecule has 0 saturated heterocycles. The lowest BCUT2D eigenvalue weighted by molar-refractivity contribution is -0.123. The van der Waals surface area contributed by atoms with Gasteiger partial charge in [-0.05, 0) is 24.6 Å². The minimum absolute atomic E-state index is 0.0152. The molecule has 4 rings (SSSR count). The molecule has 0 aliphatic rings. The highest BCUT2D eigenvalue weighted by Gasteiger charge is 2.19. The quantitative estimate of drug-likeness (QED) is 0.352. The summed E-state index contributed by atoms with van der Waals surface area (Å²) in [5.74, 6) is 0.669. The van der Waals surface area contributed by atoms with Gasteiger partial charge >= 0.3 is 0 Å². The monoisotopic (exact) mass is 409 g/mol. The maximum atomic E-state index is 11.9. The van der Waals surface area contributed by atoms with Crippen LogP contribution in [-0.4, -0.2) is 43.7 Å². The SMILES string of the molecule is CNc1nc2oc(-c3cccc([C@@H](N)NC(=O)C[C@@H](C)O)c3)nc2c2c1ncn2C. The third kappa shape index (κ3) is 3.58. The molecule has 0 aliphatic carbocycles. The van der Waals surface area contributed by atoms with E-state index in [2.05, 4.69) is 25.6 Å². The number of nitrogens with zero attached hydrogens (tertiary/aromatic N) is 4. The Bertz CT molecular complexity index is 1230. The van der Waals surface area contributed by atoms with Gasteiger partial charge in [0.15, 0.2) is 11.3 Å². The van der Waals surface area contributed by atoms with Gasteiger partial charge in [0.2, 0.25) is 11.8 Å². The summed E-state index contributed by atoms with van der Waals surface area (Å²) in [6.45, 7) is 1.55. The van der Waals surface area contributed by atoms with Gasteiger partial charge in [0, 0.05) is 19.7 Å². The molecular weight excluding hydrogens is 386 g/mol. The fourth-order valence-corrected chi connectivity index (χ4v) is 3.33. The third-order valence-corrected chi connectivity index (χ3v) is 4.74. The number of benzene rings is 1. The van der Waals surface area contributed by atoms with Crippen molar-refractivity contribution >= 4 is 34.0 Å². The number of aliphatic hydroxyl groups excluding tert-OH is 1. The van der Waals surface area contributed by atoms with E-state index >= 15 is 0 Å². The van der Waals surface area contributed by atoms with Gasteiger partial charge in [0.1, 0.15) is 17.2 Å². The van der Waals surface area contributed by atoms with E-state index in [0.717, 1.165) is 5.52 Å². The van der Waals surface area contributed by atoms with Crippen LogP contribution in [0.15, 0.2) is 35.0 Å². The second-order valence-corrected chi connectivity index (χ2v) is 7.16. The summed E-state index contributed by atoms with van der Waals surface area (Å²) in [5.41, 5.74) is 10.0. The molecular formula is C20H23N7O3. The number of amides is 1. The van der Waals surface area contributed by atoms with Gasteiger partial charge in [-0.15, -0.1) is 0 Å². The molecule has 4 aromatic rings. The molecule has 0 bridgehead atoms. The van der Waals surface area contributed by atoms with Crippen molar-refractivity contribution in [3.05, 3.63) is 36.2 Å². The fraction of sp³-hybridized carbons (Fsp3) is 0.300. The van der Waals surface area contributed by atoms with Gasteiger partial charge in [-0.1, -0.05) is 12.1 Å². The average Bonchev–Trinajstić information content (AvgIpc) is 3.30. The summed E-state index contributed by atoms with van der Waals surface area (Å²) in [6, 6.07) is 7.26. The number of carbonyl (C=O) groups excluding carboxylic acids is 1. The number of pyridine rings is 1. The Morgan fingerprint density at radius 3 is 2.87 bits per heavy atom. The maximum absolute atomic E-state index is 11.9. The molecule has 5 N–H and O–H groups in total. The molecule has 30 heavy (non-hydrogen) atoms. The number of aliphatic hydroxyl groups is 1. The van der Waals surface area contributed by atoms with Gasteiger partial charge < -0.3 is 30.5 Å². The van der Waals surface area contributed by atoms with E-state index in [9.17, 15) is 9.90 Å². The summed E-state index contributed by atoms with van der Waals surface area (Å²) in [4.78, 5) is 25.4. The summed E-state index contributed by atoms with van der Waals surface area (Å²) in [7, 11) is 3.66. The van der Waals surface area contributed by atoms with Gasteiger partial charge in [-0.25, -0.2) is 9.97 Å². The second-order valence-electron chi connectivity index (χ2n) is 7.16. The van der Waals surface area contributed by atoms with Crippen molar-refractivity contribution in [2.45, 2.75) is 25.6 Å². The van der Waals surface area contributed by atoms with Crippen molar-refractivity contribution in [3.8, 4) is 11.5 Å². The summed E-state index contributed by atoms with van der Waals surface area (Å²) in [6.07, 6.45) is 0.232. The number of anilines is 1. The van der Waals surface area contributed by atoms with Gasteiger partial charge in [0.05, 0.1) is 18.9 Å². The number of fused-ring (bicyclic) bond motifs is 3. The van der Waals surface area contributed by atoms with E-state index in [1.54, 1.807) is 32.4 Å². The first kappa shape index (κ1) is 19.8. The number of nitrogens with two attached hydrogens (primary N) is 1. The number of nitrogens with one attached hydrogen (secondary N) is 2. The lowest BCUT2D eigenvalue weighted by Gasteiger charge is -2.15. The smallest absolute Gasteiger partial charge is 0.251 e. The van der Waals surface area contributed by atoms with Gasteiger partial charge in [0.25, 0.3) is 5.71 Å². The number of hydrogen-bond donors (Lipinski definition) is 4. The minimum Gasteiger partial charge on any atom is -0.418 e. The number of oxazole rings is 1. The van der Waals surface area contributed by atoms with E-state index in [-0.39, 0.29) is 12.3 Å². The molecule has 0 unspecified atom stereocenters. The number of hydrogen-bond acceptors (Lipinski definition) is 8. The Kier molecular flexibility index (Phi) is 5.10. The van der Waals surface area contributed by atoms with E-state index < -0.39 is 12.3 Å². The number of aromatic nitrogens is 4. The number of carbonyl (C=O) groups is 1. The van der Waals surface area contributed by atoms with Crippen LogP contribution in [0.25, 0.3) is 33.7 Å². The Labute approximate surface area is 172 Å². The Balaban J connectivity index is 1.71. The largest absolute Gasteiger partial charge is 0.418 e. The van der Waals surface area contributed by atoms with E-state index in [1.807, 2.05) is 23.7 Å². The standard InChI is InChI=1S/C20H23N7O3/c1-10(28)7-13(29)24-17(21)11-5-4-6-12(8-11)19-25-15-16-14(23-9-27(16)3)18(22-2)26-20(15)30-19/h4-6,8-10,17,28H,7,21H2,1-3H3,(H,22,26)(H,24,29)/t10-,17+/m1/s1. The first-order valence-electron chi connectivity index (χ1n) is 9.50. The number of rotatable bonds is 6. The van der Waals surface area contributed by atoms with E-state index in [0.29, 0.717) is 39.6 Å². The first-order valence-corrected chi connectivity index (χ1v) is 9.50. The molecule has 1 amide bonds. The minimum atomic E-state index is -0.734. The zero-order chi connectivity index (χ0) is 21.4. The van der Waals surface area contributed by atoms with E-state index in [4.69, 9.17) is 10.2 Å². The van der Waals surface area contributed by atoms with Crippen molar-refractivity contribution in [1.82, 2.24) is 24.8 Å². The predicted octanol–water partition coefficient (Wildman–Crippen LogP) is 1.66. The highest BCUT2D eigenvalue weighted by molar-refractivity contribution is 6.03. The molecule has 2 atom stereocenters. The molecule has 1 aromatic carbocycles. The summed E-state index contributed by atoms with van der Waals surface area (Å²) in [5, 5.41) is 15.0. The highest BCUT2D eigenvalue weighted by atomic mass is 16.4. The van der Waals surface area contributed by atoms with Crippen LogP contribution in [0.3, 0.4) is 0 Å². The molecule has 3 aromatic heterocycles. The van der Waals surface area contributed by atoms with Gasteiger partial charge in [-0.2, -0.15) is 4.98 Å². The van der Waals surface area contributed by atoms with Crippen molar-refractivity contribution < 1.29 is 14.3 Å². The zero-order valence-electron chi connectivity index (χ0n) is 16.9. The Morgan fingerprint density at radius 1 is 1.33 bits per heavy atom. The molecule has 3 heterocycles. The van der Waals surface area contributed by atoms with Crippen LogP contribution in [-0.2, 0) is 11.8 Å². The van der Waals surface area contributed by atoms with Crippen LogP contribution < -0.4 is 16.4 Å². The fourth-order valence-electron chi connectivity index (χ4n) is 3.33. The lowest BCUT2D eigenvalue weighted by atomic mass is 10.1. The number of imidazole rings is 1. The lowest BCUT2D eigenvalue weighted by Crippen LogP contribution is -2.35. The molecule has 0 spiro atoms. The van der Waals surface area contributed by atoms with Crippen molar-refractivity contribution in [2.24, 2.45) is 12.8 Å². The van der Waals surface area contributed by atoms with Crippen LogP contribution in [0.1, 0.15) is 25.1 Å². The highest BCUT2D eigenvalue weighted by Crippen LogP contribution is 2.31. The molecule has 0 radical (unpaired) electrons. The van der Waals surface area contributed by atoms with Crippen LogP contribution in [0, 0.1) is 0 Å². The maximum Gasteiger partial charge on any atom is 0.251 e. The zero-order valence-corrected chi connectivity index (χ0v) is 16.9. The summed E-state index contributed by atoms with van der Waals surface area (Å²) < 4.78 is 7.80. The average molecular weight is 409 g/mol. The molecule has 156 valence electrons. The predicted molar refractivity (Wildman–Crippen MR) is 112 cm³/mol. The first-order chi connectivity index (χ1) is 14.4. The van der Waals surface area contributed by atoms with Crippen molar-refractivity contribution in [1.29, 1.82) is 0 Å². The Hall–Kier alpha value is -3.50. The molecule has 0 saturated carbocycles. The topological polar surface area (TPSA) is 144 Å². The molecule has 10 nitrogen and oxygen atoms in total.